The Morgan fingerprint density at radius 3 is 3.00 bits per heavy atom. The second kappa shape index (κ2) is 6.83. The van der Waals surface area contributed by atoms with E-state index in [1.165, 1.54) is 5.56 Å². The Labute approximate surface area is 109 Å². The molecule has 1 fully saturated rings. The van der Waals surface area contributed by atoms with Gasteiger partial charge in [0, 0.05) is 25.4 Å². The van der Waals surface area contributed by atoms with Crippen molar-refractivity contribution in [3.63, 3.8) is 0 Å². The van der Waals surface area contributed by atoms with Gasteiger partial charge in [-0.05, 0) is 18.1 Å². The molecule has 100 valence electrons. The molecule has 0 aliphatic carbocycles. The van der Waals surface area contributed by atoms with Crippen molar-refractivity contribution in [1.82, 2.24) is 10.3 Å². The molecule has 0 saturated carbocycles. The van der Waals surface area contributed by atoms with Crippen molar-refractivity contribution in [2.24, 2.45) is 0 Å². The van der Waals surface area contributed by atoms with Crippen molar-refractivity contribution in [1.29, 1.82) is 0 Å². The molecule has 0 radical (unpaired) electrons. The smallest absolute Gasteiger partial charge is 0.0892 e. The number of ether oxygens (including phenoxy) is 2. The highest BCUT2D eigenvalue weighted by Gasteiger charge is 2.15. The van der Waals surface area contributed by atoms with Crippen LogP contribution in [0.25, 0.3) is 0 Å². The Hall–Kier alpha value is -0.970. The number of pyridine rings is 1. The van der Waals surface area contributed by atoms with Crippen molar-refractivity contribution in [3.05, 3.63) is 29.6 Å². The van der Waals surface area contributed by atoms with E-state index in [0.29, 0.717) is 12.6 Å². The van der Waals surface area contributed by atoms with Crippen molar-refractivity contribution in [2.45, 2.75) is 45.6 Å². The van der Waals surface area contributed by atoms with Crippen LogP contribution < -0.4 is 5.32 Å². The lowest BCUT2D eigenvalue weighted by molar-refractivity contribution is 0.0301. The van der Waals surface area contributed by atoms with Crippen LogP contribution in [0.4, 0.5) is 0 Å². The van der Waals surface area contributed by atoms with E-state index in [9.17, 15) is 0 Å². The largest absolute Gasteiger partial charge is 0.379 e. The number of nitrogens with one attached hydrogen (secondary N) is 1. The van der Waals surface area contributed by atoms with E-state index in [0.717, 1.165) is 31.9 Å². The number of nitrogens with zero attached hydrogens (tertiary/aromatic N) is 1. The van der Waals surface area contributed by atoms with Gasteiger partial charge in [0.25, 0.3) is 0 Å². The molecule has 0 aromatic carbocycles. The Morgan fingerprint density at radius 2 is 2.39 bits per heavy atom. The minimum Gasteiger partial charge on any atom is -0.379 e. The fourth-order valence-electron chi connectivity index (χ4n) is 1.81. The third-order valence-corrected chi connectivity index (χ3v) is 2.96. The lowest BCUT2D eigenvalue weighted by Gasteiger charge is -2.10. The molecule has 1 aliphatic rings. The van der Waals surface area contributed by atoms with Crippen LogP contribution in [0.5, 0.6) is 0 Å². The zero-order chi connectivity index (χ0) is 12.8. The molecule has 1 atom stereocenters. The molecule has 0 amide bonds. The molecular formula is C14H22N2O2. The predicted molar refractivity (Wildman–Crippen MR) is 70.2 cm³/mol. The van der Waals surface area contributed by atoms with Gasteiger partial charge in [0.05, 0.1) is 25.0 Å². The third kappa shape index (κ3) is 4.37. The maximum atomic E-state index is 5.72. The number of rotatable bonds is 6. The van der Waals surface area contributed by atoms with Crippen LogP contribution in [-0.4, -0.2) is 30.3 Å². The SMILES string of the molecule is CC(C)NCc1ccc(COC2CCOC2)nc1. The highest BCUT2D eigenvalue weighted by atomic mass is 16.5. The highest BCUT2D eigenvalue weighted by molar-refractivity contribution is 5.13. The van der Waals surface area contributed by atoms with E-state index in [-0.39, 0.29) is 6.10 Å². The molecule has 0 bridgehead atoms. The summed E-state index contributed by atoms with van der Waals surface area (Å²) in [5.41, 5.74) is 2.19. The van der Waals surface area contributed by atoms with Crippen LogP contribution >= 0.6 is 0 Å². The first kappa shape index (κ1) is 13.5. The summed E-state index contributed by atoms with van der Waals surface area (Å²) in [6.07, 6.45) is 3.16. The lowest BCUT2D eigenvalue weighted by atomic mass is 10.2. The highest BCUT2D eigenvalue weighted by Crippen LogP contribution is 2.10. The Balaban J connectivity index is 1.76. The van der Waals surface area contributed by atoms with Crippen molar-refractivity contribution >= 4 is 0 Å². The van der Waals surface area contributed by atoms with Crippen LogP contribution in [-0.2, 0) is 22.6 Å². The number of hydrogen-bond acceptors (Lipinski definition) is 4. The van der Waals surface area contributed by atoms with Gasteiger partial charge in [0.15, 0.2) is 0 Å². The van der Waals surface area contributed by atoms with E-state index in [1.807, 2.05) is 12.3 Å². The molecule has 4 nitrogen and oxygen atoms in total. The van der Waals surface area contributed by atoms with Gasteiger partial charge in [-0.15, -0.1) is 0 Å². The number of aromatic nitrogens is 1. The molecule has 1 N–H and O–H groups in total. The molecule has 1 unspecified atom stereocenters. The molecule has 4 heteroatoms. The van der Waals surface area contributed by atoms with Gasteiger partial charge >= 0.3 is 0 Å². The van der Waals surface area contributed by atoms with E-state index >= 15 is 0 Å². The second-order valence-electron chi connectivity index (χ2n) is 4.99. The minimum atomic E-state index is 0.245. The second-order valence-corrected chi connectivity index (χ2v) is 4.99. The van der Waals surface area contributed by atoms with Crippen molar-refractivity contribution in [3.8, 4) is 0 Å². The van der Waals surface area contributed by atoms with E-state index in [1.54, 1.807) is 0 Å². The Morgan fingerprint density at radius 1 is 1.50 bits per heavy atom. The topological polar surface area (TPSA) is 43.4 Å². The van der Waals surface area contributed by atoms with Gasteiger partial charge in [-0.3, -0.25) is 4.98 Å². The van der Waals surface area contributed by atoms with Crippen LogP contribution in [0.3, 0.4) is 0 Å². The van der Waals surface area contributed by atoms with Crippen LogP contribution in [0, 0.1) is 0 Å². The molecule has 1 aromatic heterocycles. The minimum absolute atomic E-state index is 0.245. The van der Waals surface area contributed by atoms with Gasteiger partial charge in [-0.1, -0.05) is 19.9 Å². The average molecular weight is 250 g/mol. The average Bonchev–Trinajstić information content (AvgIpc) is 2.88. The van der Waals surface area contributed by atoms with Crippen LogP contribution in [0.15, 0.2) is 18.3 Å². The van der Waals surface area contributed by atoms with E-state index in [4.69, 9.17) is 9.47 Å². The fraction of sp³-hybridized carbons (Fsp3) is 0.643. The van der Waals surface area contributed by atoms with Crippen molar-refractivity contribution in [2.75, 3.05) is 13.2 Å². The molecule has 18 heavy (non-hydrogen) atoms. The standard InChI is InChI=1S/C14H22N2O2/c1-11(2)15-7-12-3-4-13(16-8-12)9-18-14-5-6-17-10-14/h3-4,8,11,14-15H,5-7,9-10H2,1-2H3. The lowest BCUT2D eigenvalue weighted by Crippen LogP contribution is -2.21. The predicted octanol–water partition coefficient (Wildman–Crippen LogP) is 1.89. The Kier molecular flexibility index (Phi) is 5.11. The summed E-state index contributed by atoms with van der Waals surface area (Å²) in [6.45, 7) is 7.25. The first-order valence-corrected chi connectivity index (χ1v) is 6.60. The quantitative estimate of drug-likeness (QED) is 0.837. The maximum Gasteiger partial charge on any atom is 0.0892 e. The van der Waals surface area contributed by atoms with Gasteiger partial charge in [-0.2, -0.15) is 0 Å². The summed E-state index contributed by atoms with van der Waals surface area (Å²) < 4.78 is 11.0. The Bertz CT molecular complexity index is 345. The zero-order valence-electron chi connectivity index (χ0n) is 11.2. The summed E-state index contributed by atoms with van der Waals surface area (Å²) in [5, 5.41) is 3.37. The molecule has 2 rings (SSSR count). The normalized spacial score (nSPS) is 19.6. The summed E-state index contributed by atoms with van der Waals surface area (Å²) in [6, 6.07) is 4.63. The van der Waals surface area contributed by atoms with Crippen LogP contribution in [0.1, 0.15) is 31.5 Å². The summed E-state index contributed by atoms with van der Waals surface area (Å²) >= 11 is 0. The number of hydrogen-bond donors (Lipinski definition) is 1. The fourth-order valence-corrected chi connectivity index (χ4v) is 1.81. The molecule has 1 aliphatic heterocycles. The third-order valence-electron chi connectivity index (χ3n) is 2.96. The van der Waals surface area contributed by atoms with Gasteiger partial charge in [0.2, 0.25) is 0 Å². The first-order valence-electron chi connectivity index (χ1n) is 6.60. The van der Waals surface area contributed by atoms with Gasteiger partial charge < -0.3 is 14.8 Å². The van der Waals surface area contributed by atoms with E-state index in [2.05, 4.69) is 30.2 Å². The van der Waals surface area contributed by atoms with E-state index < -0.39 is 0 Å². The monoisotopic (exact) mass is 250 g/mol. The molecule has 2 heterocycles. The maximum absolute atomic E-state index is 5.72. The van der Waals surface area contributed by atoms with Gasteiger partial charge in [-0.25, -0.2) is 0 Å². The molecular weight excluding hydrogens is 228 g/mol. The summed E-state index contributed by atoms with van der Waals surface area (Å²) in [7, 11) is 0. The molecule has 1 aromatic rings. The zero-order valence-corrected chi connectivity index (χ0v) is 11.2. The molecule has 0 spiro atoms. The van der Waals surface area contributed by atoms with Gasteiger partial charge in [0.1, 0.15) is 0 Å². The summed E-state index contributed by atoms with van der Waals surface area (Å²) in [4.78, 5) is 4.41. The van der Waals surface area contributed by atoms with Crippen LogP contribution in [0.2, 0.25) is 0 Å². The first-order chi connectivity index (χ1) is 8.74. The summed E-state index contributed by atoms with van der Waals surface area (Å²) in [5.74, 6) is 0. The molecule has 1 saturated heterocycles. The van der Waals surface area contributed by atoms with Crippen molar-refractivity contribution < 1.29 is 9.47 Å².